The molecule has 2 N–H and O–H groups in total. The Morgan fingerprint density at radius 3 is 2.43 bits per heavy atom. The van der Waals surface area contributed by atoms with Crippen molar-refractivity contribution >= 4 is 28.9 Å². The van der Waals surface area contributed by atoms with Gasteiger partial charge >= 0.3 is 0 Å². The average Bonchev–Trinajstić information content (AvgIpc) is 2.75. The molecule has 4 rings (SSSR count). The number of aromatic nitrogens is 2. The fourth-order valence-corrected chi connectivity index (χ4v) is 3.85. The fraction of sp³-hybridized carbons (Fsp3) is 0.292. The van der Waals surface area contributed by atoms with E-state index in [1.807, 2.05) is 30.3 Å². The third-order valence-corrected chi connectivity index (χ3v) is 5.41. The summed E-state index contributed by atoms with van der Waals surface area (Å²) < 4.78 is 0. The molecule has 0 saturated carbocycles. The Balaban J connectivity index is 1.46. The van der Waals surface area contributed by atoms with Crippen molar-refractivity contribution < 1.29 is 4.79 Å². The number of piperidine rings is 1. The van der Waals surface area contributed by atoms with Gasteiger partial charge in [-0.3, -0.25) is 4.79 Å². The van der Waals surface area contributed by atoms with Crippen LogP contribution in [0.4, 0.5) is 23.0 Å². The zero-order valence-corrected chi connectivity index (χ0v) is 17.4. The van der Waals surface area contributed by atoms with Gasteiger partial charge in [0.2, 0.25) is 11.9 Å². The summed E-state index contributed by atoms with van der Waals surface area (Å²) in [5, 5.41) is 6.07. The lowest BCUT2D eigenvalue weighted by atomic mass is 10.0. The van der Waals surface area contributed by atoms with Crippen LogP contribution in [0.2, 0.25) is 0 Å². The number of nitrogens with one attached hydrogen (secondary N) is 2. The van der Waals surface area contributed by atoms with E-state index in [0.717, 1.165) is 29.2 Å². The van der Waals surface area contributed by atoms with Gasteiger partial charge in [-0.2, -0.15) is 0 Å². The highest BCUT2D eigenvalue weighted by atomic mass is 16.1. The van der Waals surface area contributed by atoms with E-state index < -0.39 is 0 Å². The summed E-state index contributed by atoms with van der Waals surface area (Å²) in [5.74, 6) is 0.467. The molecule has 6 nitrogen and oxygen atoms in total. The monoisotopic (exact) mass is 401 g/mol. The first kappa shape index (κ1) is 19.9. The number of hydrogen-bond donors (Lipinski definition) is 2. The van der Waals surface area contributed by atoms with Crippen LogP contribution in [0, 0.1) is 0 Å². The number of carbonyl (C=O) groups is 1. The second-order valence-corrected chi connectivity index (χ2v) is 7.73. The molecule has 1 amide bonds. The molecule has 1 fully saturated rings. The second-order valence-electron chi connectivity index (χ2n) is 7.73. The van der Waals surface area contributed by atoms with Crippen molar-refractivity contribution in [2.24, 2.45) is 0 Å². The zero-order chi connectivity index (χ0) is 20.9. The first-order chi connectivity index (χ1) is 14.6. The Bertz CT molecular complexity index is 1000. The van der Waals surface area contributed by atoms with E-state index in [0.29, 0.717) is 12.0 Å². The molecule has 0 spiro atoms. The topological polar surface area (TPSA) is 70.2 Å². The molecule has 1 unspecified atom stereocenters. The highest BCUT2D eigenvalue weighted by Gasteiger charge is 2.18. The number of hydrogen-bond acceptors (Lipinski definition) is 5. The molecule has 0 bridgehead atoms. The quantitative estimate of drug-likeness (QED) is 0.613. The minimum absolute atomic E-state index is 0.0861. The van der Waals surface area contributed by atoms with Gasteiger partial charge in [0.1, 0.15) is 0 Å². The van der Waals surface area contributed by atoms with Crippen LogP contribution < -0.4 is 15.5 Å². The highest BCUT2D eigenvalue weighted by Crippen LogP contribution is 2.27. The van der Waals surface area contributed by atoms with Crippen molar-refractivity contribution in [1.82, 2.24) is 9.97 Å². The van der Waals surface area contributed by atoms with Gasteiger partial charge < -0.3 is 15.5 Å². The van der Waals surface area contributed by atoms with Crippen molar-refractivity contribution in [1.29, 1.82) is 0 Å². The second kappa shape index (κ2) is 8.95. The van der Waals surface area contributed by atoms with E-state index in [1.165, 1.54) is 31.9 Å². The molecule has 1 aromatic heterocycles. The first-order valence-electron chi connectivity index (χ1n) is 10.4. The first-order valence-corrected chi connectivity index (χ1v) is 10.4. The van der Waals surface area contributed by atoms with E-state index >= 15 is 0 Å². The molecule has 1 aliphatic heterocycles. The number of anilines is 4. The predicted octanol–water partition coefficient (Wildman–Crippen LogP) is 5.22. The largest absolute Gasteiger partial charge is 0.369 e. The van der Waals surface area contributed by atoms with Crippen molar-refractivity contribution in [3.05, 3.63) is 60.8 Å². The third-order valence-electron chi connectivity index (χ3n) is 5.41. The smallest absolute Gasteiger partial charge is 0.227 e. The molecule has 0 radical (unpaired) electrons. The fourth-order valence-electron chi connectivity index (χ4n) is 3.85. The maximum Gasteiger partial charge on any atom is 0.227 e. The summed E-state index contributed by atoms with van der Waals surface area (Å²) >= 11 is 0. The highest BCUT2D eigenvalue weighted by molar-refractivity contribution is 5.88. The van der Waals surface area contributed by atoms with Gasteiger partial charge in [0.05, 0.1) is 5.69 Å². The molecular formula is C24H27N5O. The Kier molecular flexibility index (Phi) is 5.93. The molecular weight excluding hydrogens is 374 g/mol. The van der Waals surface area contributed by atoms with E-state index in [9.17, 15) is 4.79 Å². The van der Waals surface area contributed by atoms with Crippen LogP contribution in [-0.2, 0) is 4.79 Å². The number of nitrogens with zero attached hydrogens (tertiary/aromatic N) is 3. The Morgan fingerprint density at radius 1 is 1.00 bits per heavy atom. The predicted molar refractivity (Wildman–Crippen MR) is 122 cm³/mol. The van der Waals surface area contributed by atoms with Gasteiger partial charge in [-0.05, 0) is 68.7 Å². The average molecular weight is 402 g/mol. The lowest BCUT2D eigenvalue weighted by molar-refractivity contribution is -0.114. The van der Waals surface area contributed by atoms with Gasteiger partial charge in [0.25, 0.3) is 0 Å². The Hall–Kier alpha value is -3.41. The van der Waals surface area contributed by atoms with Crippen LogP contribution in [-0.4, -0.2) is 28.5 Å². The van der Waals surface area contributed by atoms with Crippen molar-refractivity contribution in [2.75, 3.05) is 22.1 Å². The minimum Gasteiger partial charge on any atom is -0.369 e. The molecule has 2 heterocycles. The van der Waals surface area contributed by atoms with Crippen LogP contribution in [0.5, 0.6) is 0 Å². The molecule has 6 heteroatoms. The number of carbonyl (C=O) groups excluding carboxylic acids is 1. The summed E-state index contributed by atoms with van der Waals surface area (Å²) in [5.41, 5.74) is 4.77. The molecule has 30 heavy (non-hydrogen) atoms. The summed E-state index contributed by atoms with van der Waals surface area (Å²) in [6.45, 7) is 4.92. The van der Waals surface area contributed by atoms with E-state index in [-0.39, 0.29) is 5.91 Å². The maximum absolute atomic E-state index is 11.2. The van der Waals surface area contributed by atoms with Crippen LogP contribution in [0.15, 0.2) is 60.8 Å². The standard InChI is InChI=1S/C24H27N5O/c1-17-5-3-4-16-29(17)22-12-10-21(11-13-22)27-24-25-15-14-23(28-24)19-6-8-20(9-7-19)26-18(2)30/h6-15,17H,3-5,16H2,1-2H3,(H,26,30)(H,25,27,28). The normalized spacial score (nSPS) is 16.2. The van der Waals surface area contributed by atoms with Crippen LogP contribution in [0.1, 0.15) is 33.1 Å². The van der Waals surface area contributed by atoms with Gasteiger partial charge in [-0.25, -0.2) is 9.97 Å². The van der Waals surface area contributed by atoms with Crippen molar-refractivity contribution in [3.63, 3.8) is 0 Å². The molecule has 0 aliphatic carbocycles. The molecule has 2 aromatic carbocycles. The number of amides is 1. The van der Waals surface area contributed by atoms with Gasteiger partial charge in [0.15, 0.2) is 0 Å². The van der Waals surface area contributed by atoms with Crippen molar-refractivity contribution in [3.8, 4) is 11.3 Å². The van der Waals surface area contributed by atoms with Crippen LogP contribution in [0.3, 0.4) is 0 Å². The molecule has 154 valence electrons. The molecule has 1 atom stereocenters. The van der Waals surface area contributed by atoms with Crippen LogP contribution >= 0.6 is 0 Å². The van der Waals surface area contributed by atoms with E-state index in [4.69, 9.17) is 0 Å². The maximum atomic E-state index is 11.2. The van der Waals surface area contributed by atoms with Gasteiger partial charge in [-0.1, -0.05) is 12.1 Å². The lowest BCUT2D eigenvalue weighted by Crippen LogP contribution is -2.37. The Morgan fingerprint density at radius 2 is 1.73 bits per heavy atom. The van der Waals surface area contributed by atoms with E-state index in [2.05, 4.69) is 56.7 Å². The molecule has 3 aromatic rings. The zero-order valence-electron chi connectivity index (χ0n) is 17.4. The Labute approximate surface area is 177 Å². The van der Waals surface area contributed by atoms with Gasteiger partial charge in [0, 0.05) is 48.3 Å². The summed E-state index contributed by atoms with van der Waals surface area (Å²) in [6, 6.07) is 18.6. The summed E-state index contributed by atoms with van der Waals surface area (Å²) in [6.07, 6.45) is 5.58. The number of rotatable bonds is 5. The minimum atomic E-state index is -0.0861. The number of benzene rings is 2. The molecule has 1 aliphatic rings. The van der Waals surface area contributed by atoms with E-state index in [1.54, 1.807) is 6.20 Å². The van der Waals surface area contributed by atoms with Crippen molar-refractivity contribution in [2.45, 2.75) is 39.2 Å². The summed E-state index contributed by atoms with van der Waals surface area (Å²) in [7, 11) is 0. The third kappa shape index (κ3) is 4.76. The summed E-state index contributed by atoms with van der Waals surface area (Å²) in [4.78, 5) is 22.6. The van der Waals surface area contributed by atoms with Crippen LogP contribution in [0.25, 0.3) is 11.3 Å². The lowest BCUT2D eigenvalue weighted by Gasteiger charge is -2.35. The SMILES string of the molecule is CC(=O)Nc1ccc(-c2ccnc(Nc3ccc(N4CCCCC4C)cc3)n2)cc1. The molecule has 1 saturated heterocycles. The van der Waals surface area contributed by atoms with Gasteiger partial charge in [-0.15, -0.1) is 0 Å².